The highest BCUT2D eigenvalue weighted by molar-refractivity contribution is 6.42. The van der Waals surface area contributed by atoms with Gasteiger partial charge in [-0.05, 0) is 48.9 Å². The van der Waals surface area contributed by atoms with Gasteiger partial charge in [0.25, 0.3) is 5.91 Å². The molecule has 2 aromatic carbocycles. The molecule has 2 rings (SSSR count). The van der Waals surface area contributed by atoms with E-state index in [4.69, 9.17) is 23.2 Å². The number of halogens is 2. The van der Waals surface area contributed by atoms with E-state index in [0.29, 0.717) is 27.8 Å². The molecule has 7 heteroatoms. The third-order valence-electron chi connectivity index (χ3n) is 3.34. The number of hydrogen-bond donors (Lipinski definition) is 3. The van der Waals surface area contributed by atoms with Crippen LogP contribution in [0.25, 0.3) is 0 Å². The molecule has 0 aromatic heterocycles. The maximum atomic E-state index is 12.0. The van der Waals surface area contributed by atoms with E-state index in [-0.39, 0.29) is 18.4 Å². The second-order valence-electron chi connectivity index (χ2n) is 5.36. The smallest absolute Gasteiger partial charge is 0.251 e. The molecular weight excluding hydrogens is 361 g/mol. The lowest BCUT2D eigenvalue weighted by molar-refractivity contribution is -0.114. The second kappa shape index (κ2) is 9.30. The molecule has 0 aliphatic heterocycles. The van der Waals surface area contributed by atoms with Crippen molar-refractivity contribution in [3.05, 3.63) is 58.1 Å². The number of carbonyl (C=O) groups excluding carboxylic acids is 2. The third kappa shape index (κ3) is 5.96. The van der Waals surface area contributed by atoms with Crippen LogP contribution in [0, 0.1) is 0 Å². The van der Waals surface area contributed by atoms with Crippen LogP contribution in [0.2, 0.25) is 10.0 Å². The Bertz CT molecular complexity index is 748. The zero-order valence-electron chi connectivity index (χ0n) is 13.7. The van der Waals surface area contributed by atoms with Crippen molar-refractivity contribution in [1.29, 1.82) is 0 Å². The van der Waals surface area contributed by atoms with Gasteiger partial charge >= 0.3 is 0 Å². The van der Waals surface area contributed by atoms with Crippen LogP contribution in [0.15, 0.2) is 42.5 Å². The summed E-state index contributed by atoms with van der Waals surface area (Å²) in [6.07, 6.45) is 0.888. The van der Waals surface area contributed by atoms with Gasteiger partial charge in [0, 0.05) is 23.5 Å². The van der Waals surface area contributed by atoms with E-state index in [1.807, 2.05) is 6.92 Å². The number of benzene rings is 2. The van der Waals surface area contributed by atoms with Crippen LogP contribution in [0.4, 0.5) is 11.4 Å². The molecule has 0 heterocycles. The van der Waals surface area contributed by atoms with E-state index in [1.54, 1.807) is 42.5 Å². The highest BCUT2D eigenvalue weighted by Crippen LogP contribution is 2.24. The van der Waals surface area contributed by atoms with E-state index in [0.717, 1.165) is 12.1 Å². The molecule has 0 saturated carbocycles. The van der Waals surface area contributed by atoms with Crippen molar-refractivity contribution in [2.45, 2.75) is 13.3 Å². The molecule has 0 radical (unpaired) electrons. The van der Waals surface area contributed by atoms with Crippen LogP contribution in [0.3, 0.4) is 0 Å². The monoisotopic (exact) mass is 379 g/mol. The fourth-order valence-corrected chi connectivity index (χ4v) is 2.34. The van der Waals surface area contributed by atoms with Gasteiger partial charge in [0.15, 0.2) is 0 Å². The summed E-state index contributed by atoms with van der Waals surface area (Å²) in [5.74, 6) is -0.325. The predicted molar refractivity (Wildman–Crippen MR) is 103 cm³/mol. The first-order chi connectivity index (χ1) is 12.0. The zero-order valence-corrected chi connectivity index (χ0v) is 15.2. The molecular formula is C18H19Cl2N3O2. The van der Waals surface area contributed by atoms with Crippen molar-refractivity contribution in [3.8, 4) is 0 Å². The Morgan fingerprint density at radius 1 is 0.960 bits per heavy atom. The van der Waals surface area contributed by atoms with Gasteiger partial charge in [-0.3, -0.25) is 9.59 Å². The summed E-state index contributed by atoms with van der Waals surface area (Å²) in [5.41, 5.74) is 1.90. The number of hydrogen-bond acceptors (Lipinski definition) is 3. The minimum absolute atomic E-state index is 0.0849. The van der Waals surface area contributed by atoms with E-state index in [1.165, 1.54) is 0 Å². The van der Waals surface area contributed by atoms with Crippen molar-refractivity contribution in [1.82, 2.24) is 5.32 Å². The molecule has 2 aromatic rings. The average molecular weight is 380 g/mol. The Morgan fingerprint density at radius 2 is 1.64 bits per heavy atom. The van der Waals surface area contributed by atoms with E-state index in [9.17, 15) is 9.59 Å². The number of amides is 2. The number of anilines is 2. The van der Waals surface area contributed by atoms with Crippen molar-refractivity contribution in [2.24, 2.45) is 0 Å². The van der Waals surface area contributed by atoms with E-state index < -0.39 is 0 Å². The predicted octanol–water partition coefficient (Wildman–Crippen LogP) is 4.18. The fourth-order valence-electron chi connectivity index (χ4n) is 2.04. The van der Waals surface area contributed by atoms with Gasteiger partial charge in [-0.15, -0.1) is 0 Å². The summed E-state index contributed by atoms with van der Waals surface area (Å²) >= 11 is 11.7. The summed E-state index contributed by atoms with van der Waals surface area (Å²) in [6.45, 7) is 2.73. The Hall–Kier alpha value is -2.24. The summed E-state index contributed by atoms with van der Waals surface area (Å²) in [6, 6.07) is 11.8. The molecule has 0 bridgehead atoms. The SMILES string of the molecule is CCCNC(=O)c1ccc(NCC(=O)Nc2ccc(Cl)c(Cl)c2)cc1. The van der Waals surface area contributed by atoms with Crippen LogP contribution in [-0.2, 0) is 4.79 Å². The topological polar surface area (TPSA) is 70.2 Å². The lowest BCUT2D eigenvalue weighted by atomic mass is 10.2. The Kier molecular flexibility index (Phi) is 7.10. The molecule has 3 N–H and O–H groups in total. The maximum absolute atomic E-state index is 12.0. The average Bonchev–Trinajstić information content (AvgIpc) is 2.61. The summed E-state index contributed by atoms with van der Waals surface area (Å²) < 4.78 is 0. The lowest BCUT2D eigenvalue weighted by Crippen LogP contribution is -2.24. The van der Waals surface area contributed by atoms with Crippen LogP contribution >= 0.6 is 23.2 Å². The molecule has 2 amide bonds. The Labute approximate surface area is 156 Å². The van der Waals surface area contributed by atoms with Crippen LogP contribution in [-0.4, -0.2) is 24.9 Å². The van der Waals surface area contributed by atoms with E-state index >= 15 is 0 Å². The van der Waals surface area contributed by atoms with Gasteiger partial charge in [0.1, 0.15) is 0 Å². The molecule has 0 fully saturated rings. The number of rotatable bonds is 7. The van der Waals surface area contributed by atoms with Gasteiger partial charge in [-0.1, -0.05) is 30.1 Å². The first-order valence-corrected chi connectivity index (χ1v) is 8.62. The highest BCUT2D eigenvalue weighted by Gasteiger charge is 2.06. The third-order valence-corrected chi connectivity index (χ3v) is 4.08. The van der Waals surface area contributed by atoms with Crippen LogP contribution < -0.4 is 16.0 Å². The summed E-state index contributed by atoms with van der Waals surface area (Å²) in [5, 5.41) is 9.34. The summed E-state index contributed by atoms with van der Waals surface area (Å²) in [4.78, 5) is 23.8. The minimum Gasteiger partial charge on any atom is -0.376 e. The van der Waals surface area contributed by atoms with Crippen molar-refractivity contribution in [3.63, 3.8) is 0 Å². The highest BCUT2D eigenvalue weighted by atomic mass is 35.5. The Morgan fingerprint density at radius 3 is 2.28 bits per heavy atom. The summed E-state index contributed by atoms with van der Waals surface area (Å²) in [7, 11) is 0. The minimum atomic E-state index is -0.219. The number of carbonyl (C=O) groups is 2. The van der Waals surface area contributed by atoms with Gasteiger partial charge in [0.2, 0.25) is 5.91 Å². The van der Waals surface area contributed by atoms with Gasteiger partial charge in [-0.2, -0.15) is 0 Å². The Balaban J connectivity index is 1.85. The maximum Gasteiger partial charge on any atom is 0.251 e. The molecule has 5 nitrogen and oxygen atoms in total. The van der Waals surface area contributed by atoms with E-state index in [2.05, 4.69) is 16.0 Å². The van der Waals surface area contributed by atoms with Crippen molar-refractivity contribution < 1.29 is 9.59 Å². The molecule has 0 atom stereocenters. The molecule has 0 spiro atoms. The van der Waals surface area contributed by atoms with Gasteiger partial charge in [0.05, 0.1) is 16.6 Å². The standard InChI is InChI=1S/C18H19Cl2N3O2/c1-2-9-21-18(25)12-3-5-13(6-4-12)22-11-17(24)23-14-7-8-15(19)16(20)10-14/h3-8,10,22H,2,9,11H2,1H3,(H,21,25)(H,23,24). The van der Waals surface area contributed by atoms with Gasteiger partial charge in [-0.25, -0.2) is 0 Å². The molecule has 132 valence electrons. The lowest BCUT2D eigenvalue weighted by Gasteiger charge is -2.09. The number of nitrogens with one attached hydrogen (secondary N) is 3. The van der Waals surface area contributed by atoms with Crippen molar-refractivity contribution in [2.75, 3.05) is 23.7 Å². The van der Waals surface area contributed by atoms with Gasteiger partial charge < -0.3 is 16.0 Å². The first-order valence-electron chi connectivity index (χ1n) is 7.86. The quantitative estimate of drug-likeness (QED) is 0.675. The zero-order chi connectivity index (χ0) is 18.2. The molecule has 0 aliphatic carbocycles. The molecule has 0 aliphatic rings. The van der Waals surface area contributed by atoms with Crippen LogP contribution in [0.5, 0.6) is 0 Å². The van der Waals surface area contributed by atoms with Crippen LogP contribution in [0.1, 0.15) is 23.7 Å². The first kappa shape index (κ1) is 19.1. The second-order valence-corrected chi connectivity index (χ2v) is 6.18. The van der Waals surface area contributed by atoms with Crippen molar-refractivity contribution >= 4 is 46.4 Å². The molecule has 0 unspecified atom stereocenters. The molecule has 0 saturated heterocycles. The normalized spacial score (nSPS) is 10.2. The fraction of sp³-hybridized carbons (Fsp3) is 0.222. The molecule has 25 heavy (non-hydrogen) atoms. The largest absolute Gasteiger partial charge is 0.376 e.